The number of carboxylic acids is 1. The topological polar surface area (TPSA) is 84.2 Å². The number of benzene rings is 1. The monoisotopic (exact) mass is 275 g/mol. The smallest absolute Gasteiger partial charge is 0.315 e. The van der Waals surface area contributed by atoms with Crippen LogP contribution in [0.1, 0.15) is 19.4 Å². The number of aryl methyl sites for hydroxylation is 2. The van der Waals surface area contributed by atoms with E-state index in [4.69, 9.17) is 5.11 Å². The Bertz CT molecular complexity index is 676. The lowest BCUT2D eigenvalue weighted by Crippen LogP contribution is -2.28. The number of hydrogen-bond acceptors (Lipinski definition) is 3. The van der Waals surface area contributed by atoms with Gasteiger partial charge in [0.25, 0.3) is 0 Å². The molecule has 1 aromatic carbocycles. The highest BCUT2D eigenvalue weighted by Gasteiger charge is 2.22. The third kappa shape index (κ3) is 2.49. The highest BCUT2D eigenvalue weighted by molar-refractivity contribution is 6.03. The van der Waals surface area contributed by atoms with Gasteiger partial charge in [-0.2, -0.15) is 0 Å². The fourth-order valence-electron chi connectivity index (χ4n) is 1.99. The second-order valence-electron chi connectivity index (χ2n) is 4.72. The van der Waals surface area contributed by atoms with E-state index < -0.39 is 17.8 Å². The van der Waals surface area contributed by atoms with Crippen molar-refractivity contribution < 1.29 is 14.7 Å². The number of carbonyl (C=O) groups is 2. The normalized spacial score (nSPS) is 12.3. The van der Waals surface area contributed by atoms with Gasteiger partial charge in [0.15, 0.2) is 0 Å². The average molecular weight is 275 g/mol. The molecule has 1 unspecified atom stereocenters. The number of aliphatic carboxylic acids is 1. The van der Waals surface area contributed by atoms with Crippen molar-refractivity contribution in [3.05, 3.63) is 23.8 Å². The summed E-state index contributed by atoms with van der Waals surface area (Å²) in [6.07, 6.45) is 0. The number of aromatic nitrogens is 2. The Labute approximate surface area is 116 Å². The Morgan fingerprint density at radius 3 is 2.75 bits per heavy atom. The zero-order valence-electron chi connectivity index (χ0n) is 11.7. The number of imidazole rings is 1. The molecule has 1 atom stereocenters. The van der Waals surface area contributed by atoms with Gasteiger partial charge in [-0.15, -0.1) is 0 Å². The molecule has 106 valence electrons. The van der Waals surface area contributed by atoms with Crippen LogP contribution in [0.15, 0.2) is 18.2 Å². The molecular weight excluding hydrogens is 258 g/mol. The molecule has 2 rings (SSSR count). The molecule has 0 saturated heterocycles. The van der Waals surface area contributed by atoms with Crippen LogP contribution in [0.3, 0.4) is 0 Å². The minimum Gasteiger partial charge on any atom is -0.481 e. The largest absolute Gasteiger partial charge is 0.481 e. The molecular formula is C14H17N3O3. The molecule has 0 spiro atoms. The first kappa shape index (κ1) is 14.0. The fourth-order valence-corrected chi connectivity index (χ4v) is 1.99. The van der Waals surface area contributed by atoms with Crippen LogP contribution in [0.25, 0.3) is 11.0 Å². The molecule has 1 amide bonds. The van der Waals surface area contributed by atoms with Crippen molar-refractivity contribution in [3.8, 4) is 0 Å². The van der Waals surface area contributed by atoms with E-state index in [0.29, 0.717) is 12.5 Å². The van der Waals surface area contributed by atoms with Crippen LogP contribution in [-0.2, 0) is 16.1 Å². The third-order valence-corrected chi connectivity index (χ3v) is 3.22. The molecule has 0 saturated carbocycles. The minimum atomic E-state index is -1.16. The number of anilines is 1. The van der Waals surface area contributed by atoms with Gasteiger partial charge >= 0.3 is 5.97 Å². The van der Waals surface area contributed by atoms with Crippen LogP contribution >= 0.6 is 0 Å². The predicted molar refractivity (Wildman–Crippen MR) is 75.6 cm³/mol. The molecule has 1 aromatic heterocycles. The molecule has 0 radical (unpaired) electrons. The number of carboxylic acid groups (broad SMARTS) is 1. The maximum Gasteiger partial charge on any atom is 0.315 e. The van der Waals surface area contributed by atoms with E-state index in [-0.39, 0.29) is 0 Å². The summed E-state index contributed by atoms with van der Waals surface area (Å²) in [7, 11) is 0. The zero-order valence-corrected chi connectivity index (χ0v) is 11.7. The molecule has 20 heavy (non-hydrogen) atoms. The lowest BCUT2D eigenvalue weighted by Gasteiger charge is -2.09. The summed E-state index contributed by atoms with van der Waals surface area (Å²) in [6.45, 7) is 5.89. The van der Waals surface area contributed by atoms with Crippen molar-refractivity contribution in [2.75, 3.05) is 5.32 Å². The third-order valence-electron chi connectivity index (χ3n) is 3.22. The number of nitrogens with zero attached hydrogens (tertiary/aromatic N) is 2. The number of carbonyl (C=O) groups excluding carboxylic acids is 1. The predicted octanol–water partition coefficient (Wildman–Crippen LogP) is 2.02. The standard InChI is InChI=1S/C14H17N3O3/c1-4-17-11-6-5-8(2)7-10(11)15-14(17)16-12(18)9(3)13(19)20/h5-7,9H,4H2,1-3H3,(H,19,20)(H,15,16,18). The number of amides is 1. The van der Waals surface area contributed by atoms with Gasteiger partial charge in [0.05, 0.1) is 11.0 Å². The van der Waals surface area contributed by atoms with Gasteiger partial charge in [0.1, 0.15) is 5.92 Å². The summed E-state index contributed by atoms with van der Waals surface area (Å²) in [6, 6.07) is 5.84. The van der Waals surface area contributed by atoms with Crippen molar-refractivity contribution in [3.63, 3.8) is 0 Å². The molecule has 6 heteroatoms. The molecule has 0 bridgehead atoms. The highest BCUT2D eigenvalue weighted by atomic mass is 16.4. The minimum absolute atomic E-state index is 0.381. The lowest BCUT2D eigenvalue weighted by atomic mass is 10.2. The first-order valence-corrected chi connectivity index (χ1v) is 6.44. The highest BCUT2D eigenvalue weighted by Crippen LogP contribution is 2.21. The van der Waals surface area contributed by atoms with Crippen LogP contribution < -0.4 is 5.32 Å². The van der Waals surface area contributed by atoms with Crippen molar-refractivity contribution in [2.24, 2.45) is 5.92 Å². The van der Waals surface area contributed by atoms with Gasteiger partial charge in [-0.1, -0.05) is 6.07 Å². The Morgan fingerprint density at radius 1 is 1.45 bits per heavy atom. The summed E-state index contributed by atoms with van der Waals surface area (Å²) in [5.74, 6) is -2.45. The second kappa shape index (κ2) is 5.32. The molecule has 0 aliphatic carbocycles. The number of hydrogen-bond donors (Lipinski definition) is 2. The Morgan fingerprint density at radius 2 is 2.15 bits per heavy atom. The molecule has 2 aromatic rings. The number of fused-ring (bicyclic) bond motifs is 1. The van der Waals surface area contributed by atoms with Crippen molar-refractivity contribution in [1.82, 2.24) is 9.55 Å². The van der Waals surface area contributed by atoms with E-state index >= 15 is 0 Å². The molecule has 0 fully saturated rings. The van der Waals surface area contributed by atoms with E-state index in [2.05, 4.69) is 10.3 Å². The number of nitrogens with one attached hydrogen (secondary N) is 1. The first-order chi connectivity index (χ1) is 9.43. The molecule has 6 nitrogen and oxygen atoms in total. The second-order valence-corrected chi connectivity index (χ2v) is 4.72. The van der Waals surface area contributed by atoms with Crippen LogP contribution in [-0.4, -0.2) is 26.5 Å². The number of rotatable bonds is 4. The van der Waals surface area contributed by atoms with Crippen molar-refractivity contribution in [2.45, 2.75) is 27.3 Å². The van der Waals surface area contributed by atoms with Crippen LogP contribution in [0, 0.1) is 12.8 Å². The summed E-state index contributed by atoms with van der Waals surface area (Å²) in [4.78, 5) is 27.0. The summed E-state index contributed by atoms with van der Waals surface area (Å²) >= 11 is 0. The zero-order chi connectivity index (χ0) is 14.9. The maximum atomic E-state index is 11.8. The average Bonchev–Trinajstić information content (AvgIpc) is 2.73. The Hall–Kier alpha value is -2.37. The fraction of sp³-hybridized carbons (Fsp3) is 0.357. The Kier molecular flexibility index (Phi) is 3.74. The van der Waals surface area contributed by atoms with Gasteiger partial charge in [0.2, 0.25) is 11.9 Å². The van der Waals surface area contributed by atoms with E-state index in [0.717, 1.165) is 16.6 Å². The maximum absolute atomic E-state index is 11.8. The van der Waals surface area contributed by atoms with Crippen LogP contribution in [0.5, 0.6) is 0 Å². The van der Waals surface area contributed by atoms with Gasteiger partial charge in [-0.05, 0) is 38.5 Å². The quantitative estimate of drug-likeness (QED) is 0.836. The van der Waals surface area contributed by atoms with E-state index in [1.54, 1.807) is 0 Å². The van der Waals surface area contributed by atoms with Gasteiger partial charge in [-0.25, -0.2) is 4.98 Å². The molecule has 0 aliphatic rings. The van der Waals surface area contributed by atoms with Crippen molar-refractivity contribution in [1.29, 1.82) is 0 Å². The first-order valence-electron chi connectivity index (χ1n) is 6.44. The van der Waals surface area contributed by atoms with Crippen LogP contribution in [0.4, 0.5) is 5.95 Å². The molecule has 2 N–H and O–H groups in total. The SMILES string of the molecule is CCn1c(NC(=O)C(C)C(=O)O)nc2cc(C)ccc21. The van der Waals surface area contributed by atoms with E-state index in [1.165, 1.54) is 6.92 Å². The van der Waals surface area contributed by atoms with E-state index in [1.807, 2.05) is 36.6 Å². The van der Waals surface area contributed by atoms with Gasteiger partial charge in [0, 0.05) is 6.54 Å². The molecule has 0 aliphatic heterocycles. The summed E-state index contributed by atoms with van der Waals surface area (Å²) < 4.78 is 1.85. The van der Waals surface area contributed by atoms with E-state index in [9.17, 15) is 9.59 Å². The van der Waals surface area contributed by atoms with Crippen LogP contribution in [0.2, 0.25) is 0 Å². The lowest BCUT2D eigenvalue weighted by molar-refractivity contribution is -0.144. The van der Waals surface area contributed by atoms with Crippen molar-refractivity contribution >= 4 is 28.9 Å². The molecule has 1 heterocycles. The van der Waals surface area contributed by atoms with Gasteiger partial charge in [-0.3, -0.25) is 14.9 Å². The Balaban J connectivity index is 2.39. The summed E-state index contributed by atoms with van der Waals surface area (Å²) in [5, 5.41) is 11.4. The summed E-state index contributed by atoms with van der Waals surface area (Å²) in [5.41, 5.74) is 2.77. The van der Waals surface area contributed by atoms with Gasteiger partial charge < -0.3 is 9.67 Å².